The first-order valence-electron chi connectivity index (χ1n) is 7.31. The zero-order chi connectivity index (χ0) is 13.4. The van der Waals surface area contributed by atoms with Crippen LogP contribution in [0.5, 0.6) is 0 Å². The lowest BCUT2D eigenvalue weighted by Crippen LogP contribution is -2.51. The zero-order valence-electron chi connectivity index (χ0n) is 12.3. The summed E-state index contributed by atoms with van der Waals surface area (Å²) in [6.45, 7) is 6.56. The summed E-state index contributed by atoms with van der Waals surface area (Å²) in [5, 5.41) is 3.54. The molecule has 1 unspecified atom stereocenters. The van der Waals surface area contributed by atoms with Crippen LogP contribution < -0.4 is 5.32 Å². The molecule has 2 aliphatic rings. The van der Waals surface area contributed by atoms with E-state index in [1.807, 2.05) is 0 Å². The van der Waals surface area contributed by atoms with Crippen molar-refractivity contribution < 1.29 is 0 Å². The van der Waals surface area contributed by atoms with E-state index in [4.69, 9.17) is 0 Å². The van der Waals surface area contributed by atoms with Gasteiger partial charge in [-0.15, -0.1) is 0 Å². The fourth-order valence-electron chi connectivity index (χ4n) is 2.74. The molecule has 0 spiro atoms. The second kappa shape index (κ2) is 5.13. The smallest absolute Gasteiger partial charge is 0.203 e. The van der Waals surface area contributed by atoms with Gasteiger partial charge in [0.1, 0.15) is 0 Å². The molecule has 1 aliphatic carbocycles. The van der Waals surface area contributed by atoms with Crippen LogP contribution in [-0.2, 0) is 6.54 Å². The molecule has 0 bridgehead atoms. The molecular weight excluding hydrogens is 238 g/mol. The number of aromatic nitrogens is 2. The van der Waals surface area contributed by atoms with Crippen molar-refractivity contribution in [3.8, 4) is 0 Å². The summed E-state index contributed by atoms with van der Waals surface area (Å²) in [7, 11) is 4.44. The van der Waals surface area contributed by atoms with Crippen LogP contribution in [0.2, 0.25) is 0 Å². The van der Waals surface area contributed by atoms with Crippen molar-refractivity contribution in [1.29, 1.82) is 0 Å². The molecule has 1 aliphatic heterocycles. The van der Waals surface area contributed by atoms with E-state index in [1.165, 1.54) is 19.4 Å². The summed E-state index contributed by atoms with van der Waals surface area (Å²) in [5.41, 5.74) is 1.11. The Bertz CT molecular complexity index is 437. The lowest BCUT2D eigenvalue weighted by molar-refractivity contribution is 0.103. The second-order valence-corrected chi connectivity index (χ2v) is 6.17. The van der Waals surface area contributed by atoms with Crippen molar-refractivity contribution in [2.45, 2.75) is 38.4 Å². The topological polar surface area (TPSA) is 36.3 Å². The standard InChI is InChI=1S/C14H25N5/c1-11-8-19(14(15-11)16-12-4-5-12)10-13-9-17(2)6-7-18(13)3/h8,12-13H,4-7,9-10H2,1-3H3,(H,15,16). The first-order chi connectivity index (χ1) is 9.11. The number of nitrogens with zero attached hydrogens (tertiary/aromatic N) is 4. The van der Waals surface area contributed by atoms with Gasteiger partial charge in [-0.1, -0.05) is 0 Å². The Morgan fingerprint density at radius 3 is 2.84 bits per heavy atom. The number of aryl methyl sites for hydroxylation is 1. The lowest BCUT2D eigenvalue weighted by Gasteiger charge is -2.38. The highest BCUT2D eigenvalue weighted by Crippen LogP contribution is 2.24. The Labute approximate surface area is 115 Å². The highest BCUT2D eigenvalue weighted by atomic mass is 15.3. The number of imidazole rings is 1. The SMILES string of the molecule is Cc1cn(CC2CN(C)CCN2C)c(NC2CC2)n1. The molecule has 19 heavy (non-hydrogen) atoms. The first kappa shape index (κ1) is 12.9. The van der Waals surface area contributed by atoms with E-state index in [-0.39, 0.29) is 0 Å². The summed E-state index contributed by atoms with van der Waals surface area (Å²) in [6.07, 6.45) is 4.75. The monoisotopic (exact) mass is 263 g/mol. The number of likely N-dealkylation sites (N-methyl/N-ethyl adjacent to an activating group) is 2. The van der Waals surface area contributed by atoms with Crippen molar-refractivity contribution >= 4 is 5.95 Å². The van der Waals surface area contributed by atoms with Crippen LogP contribution >= 0.6 is 0 Å². The Kier molecular flexibility index (Phi) is 3.50. The molecule has 1 aromatic heterocycles. The number of nitrogens with one attached hydrogen (secondary N) is 1. The molecule has 5 heteroatoms. The van der Waals surface area contributed by atoms with Crippen LogP contribution in [0.15, 0.2) is 6.20 Å². The third kappa shape index (κ3) is 3.09. The number of rotatable bonds is 4. The number of anilines is 1. The molecule has 1 atom stereocenters. The van der Waals surface area contributed by atoms with Crippen LogP contribution in [0.1, 0.15) is 18.5 Å². The maximum absolute atomic E-state index is 4.62. The zero-order valence-corrected chi connectivity index (χ0v) is 12.3. The van der Waals surface area contributed by atoms with E-state index in [2.05, 4.69) is 51.9 Å². The fraction of sp³-hybridized carbons (Fsp3) is 0.786. The number of hydrogen-bond donors (Lipinski definition) is 1. The van der Waals surface area contributed by atoms with Crippen molar-refractivity contribution in [2.75, 3.05) is 39.0 Å². The molecule has 0 aromatic carbocycles. The van der Waals surface area contributed by atoms with E-state index >= 15 is 0 Å². The molecule has 2 fully saturated rings. The van der Waals surface area contributed by atoms with Crippen molar-refractivity contribution in [1.82, 2.24) is 19.4 Å². The number of hydrogen-bond acceptors (Lipinski definition) is 4. The van der Waals surface area contributed by atoms with Gasteiger partial charge in [0, 0.05) is 44.5 Å². The third-order valence-electron chi connectivity index (χ3n) is 4.20. The van der Waals surface area contributed by atoms with Gasteiger partial charge in [-0.2, -0.15) is 0 Å². The normalized spacial score (nSPS) is 25.7. The molecule has 1 saturated heterocycles. The van der Waals surface area contributed by atoms with E-state index < -0.39 is 0 Å². The summed E-state index contributed by atoms with van der Waals surface area (Å²) < 4.78 is 2.30. The highest BCUT2D eigenvalue weighted by Gasteiger charge is 2.26. The van der Waals surface area contributed by atoms with Gasteiger partial charge in [-0.3, -0.25) is 4.90 Å². The van der Waals surface area contributed by atoms with E-state index in [0.29, 0.717) is 12.1 Å². The third-order valence-corrected chi connectivity index (χ3v) is 4.20. The van der Waals surface area contributed by atoms with Crippen LogP contribution in [-0.4, -0.2) is 65.2 Å². The summed E-state index contributed by atoms with van der Waals surface area (Å²) in [4.78, 5) is 9.51. The van der Waals surface area contributed by atoms with Gasteiger partial charge < -0.3 is 14.8 Å². The van der Waals surface area contributed by atoms with E-state index in [9.17, 15) is 0 Å². The Morgan fingerprint density at radius 2 is 2.11 bits per heavy atom. The number of piperazine rings is 1. The molecule has 1 saturated carbocycles. The van der Waals surface area contributed by atoms with Crippen LogP contribution in [0.25, 0.3) is 0 Å². The minimum atomic E-state index is 0.576. The maximum Gasteiger partial charge on any atom is 0.203 e. The van der Waals surface area contributed by atoms with Crippen LogP contribution in [0, 0.1) is 6.92 Å². The molecule has 1 N–H and O–H groups in total. The second-order valence-electron chi connectivity index (χ2n) is 6.17. The van der Waals surface area contributed by atoms with Gasteiger partial charge in [-0.25, -0.2) is 4.98 Å². The van der Waals surface area contributed by atoms with Crippen molar-refractivity contribution in [3.63, 3.8) is 0 Å². The summed E-state index contributed by atoms with van der Waals surface area (Å²) in [5.74, 6) is 1.06. The highest BCUT2D eigenvalue weighted by molar-refractivity contribution is 5.32. The largest absolute Gasteiger partial charge is 0.353 e. The van der Waals surface area contributed by atoms with E-state index in [1.54, 1.807) is 0 Å². The Morgan fingerprint density at radius 1 is 1.32 bits per heavy atom. The first-order valence-corrected chi connectivity index (χ1v) is 7.31. The summed E-state index contributed by atoms with van der Waals surface area (Å²) in [6, 6.07) is 1.24. The molecule has 106 valence electrons. The molecule has 0 radical (unpaired) electrons. The Hall–Kier alpha value is -1.07. The molecule has 2 heterocycles. The van der Waals surface area contributed by atoms with E-state index in [0.717, 1.165) is 31.3 Å². The van der Waals surface area contributed by atoms with Gasteiger partial charge in [0.25, 0.3) is 0 Å². The Balaban J connectivity index is 1.70. The van der Waals surface area contributed by atoms with Gasteiger partial charge in [0.2, 0.25) is 5.95 Å². The lowest BCUT2D eigenvalue weighted by atomic mass is 10.2. The predicted molar refractivity (Wildman–Crippen MR) is 77.5 cm³/mol. The molecule has 1 aromatic rings. The minimum absolute atomic E-state index is 0.576. The average Bonchev–Trinajstić information content (AvgIpc) is 3.09. The van der Waals surface area contributed by atoms with Gasteiger partial charge in [0.05, 0.1) is 5.69 Å². The average molecular weight is 263 g/mol. The van der Waals surface area contributed by atoms with Crippen LogP contribution in [0.4, 0.5) is 5.95 Å². The van der Waals surface area contributed by atoms with Crippen molar-refractivity contribution in [3.05, 3.63) is 11.9 Å². The maximum atomic E-state index is 4.62. The summed E-state index contributed by atoms with van der Waals surface area (Å²) >= 11 is 0. The van der Waals surface area contributed by atoms with Crippen molar-refractivity contribution in [2.24, 2.45) is 0 Å². The molecule has 5 nitrogen and oxygen atoms in total. The fourth-order valence-corrected chi connectivity index (χ4v) is 2.74. The van der Waals surface area contributed by atoms with Gasteiger partial charge in [0.15, 0.2) is 0 Å². The van der Waals surface area contributed by atoms with Crippen LogP contribution in [0.3, 0.4) is 0 Å². The molecule has 3 rings (SSSR count). The quantitative estimate of drug-likeness (QED) is 0.879. The molecule has 0 amide bonds. The molecular formula is C14H25N5. The predicted octanol–water partition coefficient (Wildman–Crippen LogP) is 1.01. The van der Waals surface area contributed by atoms with Gasteiger partial charge in [-0.05, 0) is 33.9 Å². The van der Waals surface area contributed by atoms with Gasteiger partial charge >= 0.3 is 0 Å². The minimum Gasteiger partial charge on any atom is -0.353 e.